The van der Waals surface area contributed by atoms with Crippen molar-refractivity contribution in [2.75, 3.05) is 13.1 Å². The summed E-state index contributed by atoms with van der Waals surface area (Å²) >= 11 is 0. The fraction of sp³-hybridized carbons (Fsp3) is 0.444. The minimum absolute atomic E-state index is 0.0969. The van der Waals surface area contributed by atoms with Crippen LogP contribution in [0.15, 0.2) is 18.3 Å². The lowest BCUT2D eigenvalue weighted by Gasteiger charge is -2.27. The van der Waals surface area contributed by atoms with Crippen LogP contribution in [-0.2, 0) is 6.61 Å². The molecule has 2 rings (SSSR count). The van der Waals surface area contributed by atoms with Gasteiger partial charge in [-0.2, -0.15) is 0 Å². The minimum atomic E-state index is 0.0969. The van der Waals surface area contributed by atoms with E-state index in [2.05, 4.69) is 10.3 Å². The molecule has 0 radical (unpaired) electrons. The van der Waals surface area contributed by atoms with Crippen LogP contribution in [0.5, 0.6) is 0 Å². The Morgan fingerprint density at radius 1 is 1.58 bits per heavy atom. The van der Waals surface area contributed by atoms with Crippen molar-refractivity contribution in [2.45, 2.75) is 12.5 Å². The molecule has 0 atom stereocenters. The molecule has 1 fully saturated rings. The highest BCUT2D eigenvalue weighted by Crippen LogP contribution is 2.20. The van der Waals surface area contributed by atoms with Crippen LogP contribution < -0.4 is 5.32 Å². The zero-order valence-corrected chi connectivity index (χ0v) is 6.83. The van der Waals surface area contributed by atoms with E-state index in [4.69, 9.17) is 5.11 Å². The zero-order chi connectivity index (χ0) is 8.39. The Morgan fingerprint density at radius 2 is 2.42 bits per heavy atom. The summed E-state index contributed by atoms with van der Waals surface area (Å²) < 4.78 is 0. The van der Waals surface area contributed by atoms with Crippen LogP contribution in [0.25, 0.3) is 0 Å². The molecule has 2 heterocycles. The molecule has 0 bridgehead atoms. The maximum Gasteiger partial charge on any atom is 0.0699 e. The average Bonchev–Trinajstić information content (AvgIpc) is 2.02. The van der Waals surface area contributed by atoms with Crippen molar-refractivity contribution in [1.82, 2.24) is 10.3 Å². The van der Waals surface area contributed by atoms with E-state index in [1.165, 1.54) is 0 Å². The van der Waals surface area contributed by atoms with Crippen LogP contribution in [0.3, 0.4) is 0 Å². The molecule has 64 valence electrons. The smallest absolute Gasteiger partial charge is 0.0699 e. The van der Waals surface area contributed by atoms with Crippen LogP contribution in [-0.4, -0.2) is 23.2 Å². The summed E-state index contributed by atoms with van der Waals surface area (Å²) in [6, 6.07) is 3.79. The van der Waals surface area contributed by atoms with Crippen molar-refractivity contribution in [3.63, 3.8) is 0 Å². The number of nitrogens with one attached hydrogen (secondary N) is 1. The van der Waals surface area contributed by atoms with E-state index < -0.39 is 0 Å². The summed E-state index contributed by atoms with van der Waals surface area (Å²) in [5.41, 5.74) is 2.02. The molecule has 0 amide bonds. The third-order valence-electron chi connectivity index (χ3n) is 2.26. The number of aliphatic hydroxyl groups excluding tert-OH is 1. The standard InChI is InChI=1S/C9H12N2O/c12-6-7-2-1-3-11-9(7)8-4-10-5-8/h1-3,8,10,12H,4-6H2. The molecule has 3 nitrogen and oxygen atoms in total. The highest BCUT2D eigenvalue weighted by atomic mass is 16.3. The lowest BCUT2D eigenvalue weighted by Crippen LogP contribution is -2.40. The first-order valence-corrected chi connectivity index (χ1v) is 4.17. The van der Waals surface area contributed by atoms with Gasteiger partial charge < -0.3 is 10.4 Å². The summed E-state index contributed by atoms with van der Waals surface area (Å²) in [5.74, 6) is 0.508. The molecule has 3 heteroatoms. The van der Waals surface area contributed by atoms with Crippen molar-refractivity contribution in [1.29, 1.82) is 0 Å². The minimum Gasteiger partial charge on any atom is -0.392 e. The molecule has 0 aromatic carbocycles. The van der Waals surface area contributed by atoms with Crippen molar-refractivity contribution in [2.24, 2.45) is 0 Å². The quantitative estimate of drug-likeness (QED) is 0.659. The molecule has 0 unspecified atom stereocenters. The second-order valence-electron chi connectivity index (χ2n) is 3.06. The second-order valence-corrected chi connectivity index (χ2v) is 3.06. The Balaban J connectivity index is 2.27. The van der Waals surface area contributed by atoms with Crippen molar-refractivity contribution < 1.29 is 5.11 Å². The highest BCUT2D eigenvalue weighted by molar-refractivity contribution is 5.24. The van der Waals surface area contributed by atoms with E-state index in [1.54, 1.807) is 6.20 Å². The summed E-state index contributed by atoms with van der Waals surface area (Å²) in [5, 5.41) is 12.2. The van der Waals surface area contributed by atoms with Crippen LogP contribution in [0.1, 0.15) is 17.2 Å². The average molecular weight is 164 g/mol. The van der Waals surface area contributed by atoms with Gasteiger partial charge in [-0.05, 0) is 11.6 Å². The van der Waals surface area contributed by atoms with Gasteiger partial charge in [0.25, 0.3) is 0 Å². The molecule has 0 saturated carbocycles. The fourth-order valence-corrected chi connectivity index (χ4v) is 1.43. The van der Waals surface area contributed by atoms with Gasteiger partial charge in [-0.15, -0.1) is 0 Å². The van der Waals surface area contributed by atoms with Gasteiger partial charge in [0.15, 0.2) is 0 Å². The first-order valence-electron chi connectivity index (χ1n) is 4.17. The molecule has 1 saturated heterocycles. The molecule has 12 heavy (non-hydrogen) atoms. The maximum absolute atomic E-state index is 9.03. The molecule has 2 N–H and O–H groups in total. The highest BCUT2D eigenvalue weighted by Gasteiger charge is 2.22. The van der Waals surface area contributed by atoms with Crippen LogP contribution in [0.4, 0.5) is 0 Å². The van der Waals surface area contributed by atoms with Gasteiger partial charge in [-0.25, -0.2) is 0 Å². The summed E-state index contributed by atoms with van der Waals surface area (Å²) in [7, 11) is 0. The number of aromatic nitrogens is 1. The van der Waals surface area contributed by atoms with Crippen LogP contribution in [0.2, 0.25) is 0 Å². The largest absolute Gasteiger partial charge is 0.392 e. The van der Waals surface area contributed by atoms with E-state index in [0.717, 1.165) is 24.3 Å². The van der Waals surface area contributed by atoms with Crippen molar-refractivity contribution in [3.05, 3.63) is 29.6 Å². The number of hydrogen-bond acceptors (Lipinski definition) is 3. The lowest BCUT2D eigenvalue weighted by molar-refractivity contribution is 0.277. The number of pyridine rings is 1. The normalized spacial score (nSPS) is 17.4. The lowest BCUT2D eigenvalue weighted by atomic mass is 9.95. The van der Waals surface area contributed by atoms with Crippen LogP contribution in [0, 0.1) is 0 Å². The van der Waals surface area contributed by atoms with Gasteiger partial charge in [-0.3, -0.25) is 4.98 Å². The monoisotopic (exact) mass is 164 g/mol. The van der Waals surface area contributed by atoms with Gasteiger partial charge >= 0.3 is 0 Å². The summed E-state index contributed by atoms with van der Waals surface area (Å²) in [6.45, 7) is 2.08. The topological polar surface area (TPSA) is 45.2 Å². The van der Waals surface area contributed by atoms with Gasteiger partial charge in [0.1, 0.15) is 0 Å². The van der Waals surface area contributed by atoms with Gasteiger partial charge in [0, 0.05) is 25.2 Å². The Hall–Kier alpha value is -0.930. The number of rotatable bonds is 2. The molecule has 1 aliphatic rings. The number of nitrogens with zero attached hydrogens (tertiary/aromatic N) is 1. The SMILES string of the molecule is OCc1cccnc1C1CNC1. The number of aliphatic hydroxyl groups is 1. The third kappa shape index (κ3) is 1.21. The Kier molecular flexibility index (Phi) is 2.06. The van der Waals surface area contributed by atoms with Gasteiger partial charge in [0.05, 0.1) is 12.3 Å². The van der Waals surface area contributed by atoms with Crippen LogP contribution >= 0.6 is 0 Å². The van der Waals surface area contributed by atoms with E-state index in [-0.39, 0.29) is 6.61 Å². The predicted octanol–water partition coefficient (Wildman–Crippen LogP) is 0.261. The number of hydrogen-bond donors (Lipinski definition) is 2. The molecule has 0 aliphatic carbocycles. The molecule has 1 aromatic heterocycles. The second kappa shape index (κ2) is 3.21. The van der Waals surface area contributed by atoms with E-state index in [9.17, 15) is 0 Å². The molecular weight excluding hydrogens is 152 g/mol. The summed E-state index contributed by atoms with van der Waals surface area (Å²) in [4.78, 5) is 4.27. The van der Waals surface area contributed by atoms with E-state index in [0.29, 0.717) is 5.92 Å². The Labute approximate surface area is 71.4 Å². The van der Waals surface area contributed by atoms with E-state index in [1.807, 2.05) is 12.1 Å². The van der Waals surface area contributed by atoms with Crippen molar-refractivity contribution >= 4 is 0 Å². The summed E-state index contributed by atoms with van der Waals surface area (Å²) in [6.07, 6.45) is 1.78. The molecular formula is C9H12N2O. The third-order valence-corrected chi connectivity index (χ3v) is 2.26. The van der Waals surface area contributed by atoms with Gasteiger partial charge in [-0.1, -0.05) is 6.07 Å². The van der Waals surface area contributed by atoms with Gasteiger partial charge in [0.2, 0.25) is 0 Å². The maximum atomic E-state index is 9.03. The molecule has 0 spiro atoms. The van der Waals surface area contributed by atoms with Crippen molar-refractivity contribution in [3.8, 4) is 0 Å². The zero-order valence-electron chi connectivity index (χ0n) is 6.83. The molecule has 1 aliphatic heterocycles. The Morgan fingerprint density at radius 3 is 3.00 bits per heavy atom. The molecule has 1 aromatic rings. The first-order chi connectivity index (χ1) is 5.92. The first kappa shape index (κ1) is 7.71. The predicted molar refractivity (Wildman–Crippen MR) is 45.8 cm³/mol. The van der Waals surface area contributed by atoms with E-state index >= 15 is 0 Å². The Bertz CT molecular complexity index is 271. The fourth-order valence-electron chi connectivity index (χ4n) is 1.43.